The van der Waals surface area contributed by atoms with E-state index in [0.717, 1.165) is 11.6 Å². The molecule has 1 fully saturated rings. The second-order valence-electron chi connectivity index (χ2n) is 7.22. The molecular weight excluding hydrogens is 473 g/mol. The number of aromatic nitrogens is 3. The molecule has 12 heteroatoms. The Hall–Kier alpha value is -3.46. The molecule has 178 valence electrons. The van der Waals surface area contributed by atoms with Gasteiger partial charge in [-0.15, -0.1) is 0 Å². The van der Waals surface area contributed by atoms with Gasteiger partial charge in [-0.05, 0) is 25.2 Å². The first-order valence-electron chi connectivity index (χ1n) is 9.88. The summed E-state index contributed by atoms with van der Waals surface area (Å²) in [6.45, 7) is 5.63. The van der Waals surface area contributed by atoms with Gasteiger partial charge in [0.25, 0.3) is 0 Å². The van der Waals surface area contributed by atoms with Gasteiger partial charge in [0, 0.05) is 42.6 Å². The number of alkyl halides is 3. The molecule has 0 spiro atoms. The molecule has 1 aliphatic carbocycles. The third-order valence-electron chi connectivity index (χ3n) is 5.03. The predicted octanol–water partition coefficient (Wildman–Crippen LogP) is 3.38. The fourth-order valence-electron chi connectivity index (χ4n) is 3.56. The van der Waals surface area contributed by atoms with Crippen molar-refractivity contribution in [2.24, 2.45) is 4.99 Å². The highest BCUT2D eigenvalue weighted by Gasteiger charge is 2.40. The van der Waals surface area contributed by atoms with Crippen molar-refractivity contribution < 1.29 is 23.4 Å². The van der Waals surface area contributed by atoms with E-state index in [2.05, 4.69) is 21.7 Å². The van der Waals surface area contributed by atoms with E-state index in [9.17, 15) is 23.5 Å². The number of aliphatic imine (C=N–C) groups is 1. The van der Waals surface area contributed by atoms with Gasteiger partial charge in [0.15, 0.2) is 11.3 Å². The van der Waals surface area contributed by atoms with Crippen molar-refractivity contribution in [3.05, 3.63) is 64.1 Å². The van der Waals surface area contributed by atoms with Crippen molar-refractivity contribution in [1.29, 1.82) is 5.26 Å². The first-order chi connectivity index (χ1) is 16.1. The summed E-state index contributed by atoms with van der Waals surface area (Å²) in [4.78, 5) is 10.2. The number of hydrogen-bond acceptors (Lipinski definition) is 7. The second-order valence-corrected chi connectivity index (χ2v) is 7.66. The summed E-state index contributed by atoms with van der Waals surface area (Å²) in [5, 5.41) is 30.4. The summed E-state index contributed by atoms with van der Waals surface area (Å²) in [5.74, 6) is 0.296. The lowest BCUT2D eigenvalue weighted by atomic mass is 10.0. The molecule has 0 saturated carbocycles. The van der Waals surface area contributed by atoms with Crippen LogP contribution in [0.2, 0.25) is 0 Å². The summed E-state index contributed by atoms with van der Waals surface area (Å²) in [7, 11) is 1.00. The minimum atomic E-state index is -4.82. The number of β-amino-alcohol motifs (C(OH)–C–C–N with tert-alkyl or cyclic N) is 1. The smallest absolute Gasteiger partial charge is 0.400 e. The number of hydrogen-bond donors (Lipinski definition) is 2. The van der Waals surface area contributed by atoms with Gasteiger partial charge < -0.3 is 15.1 Å². The van der Waals surface area contributed by atoms with Crippen LogP contribution < -0.4 is 4.90 Å². The van der Waals surface area contributed by atoms with Gasteiger partial charge in [-0.3, -0.25) is 4.99 Å². The molecule has 4 rings (SSSR count). The van der Waals surface area contributed by atoms with Crippen LogP contribution in [0.3, 0.4) is 0 Å². The molecule has 3 heterocycles. The molecule has 0 radical (unpaired) electrons. The number of anilines is 1. The topological polar surface area (TPSA) is 110 Å². The standard InChI is InChI=1S/C21H16ClF3N6O.CH4O/c1-3-27-17-7-13(22)5-4-12(17)6-15-11(2)28-19-16(8-26)18(21(23,24)25)29-31(19)20(15)30-9-14(32)10-30;1-2/h3-7,14,32H,1,9-10H2,2H3;2H,1H3/b12-6+,27-17?;. The molecule has 0 unspecified atom stereocenters. The third kappa shape index (κ3) is 4.61. The van der Waals surface area contributed by atoms with E-state index in [-0.39, 0.29) is 18.7 Å². The van der Waals surface area contributed by atoms with Gasteiger partial charge in [-0.2, -0.15) is 28.0 Å². The fourth-order valence-corrected chi connectivity index (χ4v) is 3.73. The van der Waals surface area contributed by atoms with Gasteiger partial charge in [-0.1, -0.05) is 24.3 Å². The van der Waals surface area contributed by atoms with E-state index in [1.807, 2.05) is 0 Å². The van der Waals surface area contributed by atoms with Crippen LogP contribution in [0.1, 0.15) is 22.5 Å². The van der Waals surface area contributed by atoms with Crippen molar-refractivity contribution in [1.82, 2.24) is 14.6 Å². The van der Waals surface area contributed by atoms with E-state index < -0.39 is 23.5 Å². The highest BCUT2D eigenvalue weighted by atomic mass is 35.5. The normalized spacial score (nSPS) is 18.4. The molecule has 2 aromatic rings. The Morgan fingerprint density at radius 3 is 2.56 bits per heavy atom. The second kappa shape index (κ2) is 9.80. The van der Waals surface area contributed by atoms with Crippen LogP contribution >= 0.6 is 11.6 Å². The number of aliphatic hydroxyl groups is 2. The molecule has 0 aromatic carbocycles. The number of nitriles is 1. The zero-order valence-corrected chi connectivity index (χ0v) is 18.9. The van der Waals surface area contributed by atoms with Crippen LogP contribution in [-0.2, 0) is 6.18 Å². The molecule has 0 atom stereocenters. The molecule has 34 heavy (non-hydrogen) atoms. The molecule has 0 amide bonds. The highest BCUT2D eigenvalue weighted by molar-refractivity contribution is 6.35. The molecule has 1 saturated heterocycles. The van der Waals surface area contributed by atoms with E-state index in [0.29, 0.717) is 33.4 Å². The van der Waals surface area contributed by atoms with Crippen molar-refractivity contribution in [3.8, 4) is 6.07 Å². The van der Waals surface area contributed by atoms with E-state index in [4.69, 9.17) is 16.7 Å². The predicted molar refractivity (Wildman–Crippen MR) is 122 cm³/mol. The van der Waals surface area contributed by atoms with E-state index >= 15 is 0 Å². The van der Waals surface area contributed by atoms with Gasteiger partial charge in [0.1, 0.15) is 17.5 Å². The van der Waals surface area contributed by atoms with E-state index in [1.54, 1.807) is 42.2 Å². The fraction of sp³-hybridized carbons (Fsp3) is 0.273. The van der Waals surface area contributed by atoms with Crippen LogP contribution in [-0.4, -0.2) is 56.8 Å². The van der Waals surface area contributed by atoms with Gasteiger partial charge in [-0.25, -0.2) is 4.98 Å². The first-order valence-corrected chi connectivity index (χ1v) is 10.3. The highest BCUT2D eigenvalue weighted by Crippen LogP contribution is 2.37. The average molecular weight is 493 g/mol. The van der Waals surface area contributed by atoms with Crippen LogP contribution in [0.4, 0.5) is 19.0 Å². The summed E-state index contributed by atoms with van der Waals surface area (Å²) >= 11 is 6.07. The number of aryl methyl sites for hydroxylation is 1. The zero-order chi connectivity index (χ0) is 25.2. The molecule has 0 bridgehead atoms. The van der Waals surface area contributed by atoms with Crippen LogP contribution in [0, 0.1) is 18.3 Å². The van der Waals surface area contributed by atoms with Crippen LogP contribution in [0.15, 0.2) is 46.6 Å². The maximum absolute atomic E-state index is 13.5. The number of fused-ring (bicyclic) bond motifs is 1. The molecule has 2 aliphatic rings. The Bertz CT molecular complexity index is 1290. The monoisotopic (exact) mass is 492 g/mol. The molecule has 2 N–H and O–H groups in total. The van der Waals surface area contributed by atoms with Gasteiger partial charge in [0.05, 0.1) is 17.5 Å². The SMILES string of the molecule is C=CN=C1C=C(Cl)C=C/C1=C\c1c(C)nc2c(C#N)c(C(F)(F)F)nn2c1N1CC(O)C1.CO. The number of halogens is 4. The number of allylic oxidation sites excluding steroid dienone is 5. The Labute approximate surface area is 197 Å². The minimum absolute atomic E-state index is 0.196. The lowest BCUT2D eigenvalue weighted by Crippen LogP contribution is -2.52. The van der Waals surface area contributed by atoms with Crippen LogP contribution in [0.25, 0.3) is 11.7 Å². The lowest BCUT2D eigenvalue weighted by molar-refractivity contribution is -0.141. The average Bonchev–Trinajstić information content (AvgIpc) is 3.14. The number of aliphatic hydroxyl groups excluding tert-OH is 2. The quantitative estimate of drug-likeness (QED) is 0.679. The van der Waals surface area contributed by atoms with Crippen molar-refractivity contribution in [2.75, 3.05) is 25.1 Å². The number of rotatable bonds is 3. The summed E-state index contributed by atoms with van der Waals surface area (Å²) in [6.07, 6.45) is 2.62. The summed E-state index contributed by atoms with van der Waals surface area (Å²) in [6, 6.07) is 1.58. The largest absolute Gasteiger partial charge is 0.436 e. The Morgan fingerprint density at radius 2 is 2.00 bits per heavy atom. The van der Waals surface area contributed by atoms with Crippen LogP contribution in [0.5, 0.6) is 0 Å². The van der Waals surface area contributed by atoms with Crippen molar-refractivity contribution in [3.63, 3.8) is 0 Å². The van der Waals surface area contributed by atoms with Crippen molar-refractivity contribution >= 4 is 34.9 Å². The Kier molecular flexibility index (Phi) is 7.26. The molecule has 1 aliphatic heterocycles. The summed E-state index contributed by atoms with van der Waals surface area (Å²) in [5.41, 5.74) is -0.145. The minimum Gasteiger partial charge on any atom is -0.400 e. The Balaban J connectivity index is 0.00000158. The molecule has 2 aromatic heterocycles. The van der Waals surface area contributed by atoms with Crippen molar-refractivity contribution in [2.45, 2.75) is 19.2 Å². The lowest BCUT2D eigenvalue weighted by Gasteiger charge is -2.38. The summed E-state index contributed by atoms with van der Waals surface area (Å²) < 4.78 is 41.6. The van der Waals surface area contributed by atoms with E-state index in [1.165, 1.54) is 6.20 Å². The first kappa shape index (κ1) is 25.2. The zero-order valence-electron chi connectivity index (χ0n) is 18.2. The maximum atomic E-state index is 13.5. The Morgan fingerprint density at radius 1 is 1.32 bits per heavy atom. The third-order valence-corrected chi connectivity index (χ3v) is 5.27. The maximum Gasteiger partial charge on any atom is 0.436 e. The number of nitrogens with zero attached hydrogens (tertiary/aromatic N) is 6. The van der Waals surface area contributed by atoms with Gasteiger partial charge in [0.2, 0.25) is 0 Å². The molecular formula is C22H20ClF3N6O2. The van der Waals surface area contributed by atoms with Gasteiger partial charge >= 0.3 is 6.18 Å². The molecule has 8 nitrogen and oxygen atoms in total.